The average Bonchev–Trinajstić information content (AvgIpc) is 3.10. The SMILES string of the molecule is CCN(CC)S(=O)(=O)c1ccc(OC)c(NC(=O)Cn2nnnc2C(C)(C)C)c1. The highest BCUT2D eigenvalue weighted by Crippen LogP contribution is 2.29. The molecule has 1 amide bonds. The highest BCUT2D eigenvalue weighted by molar-refractivity contribution is 7.89. The molecule has 0 saturated carbocycles. The largest absolute Gasteiger partial charge is 0.495 e. The van der Waals surface area contributed by atoms with Crippen LogP contribution in [0.1, 0.15) is 40.4 Å². The summed E-state index contributed by atoms with van der Waals surface area (Å²) < 4.78 is 33.6. The summed E-state index contributed by atoms with van der Waals surface area (Å²) in [5, 5.41) is 14.2. The fourth-order valence-corrected chi connectivity index (χ4v) is 4.32. The quantitative estimate of drug-likeness (QED) is 0.684. The lowest BCUT2D eigenvalue weighted by Crippen LogP contribution is -2.30. The number of tetrazole rings is 1. The third-order valence-electron chi connectivity index (χ3n) is 4.28. The van der Waals surface area contributed by atoms with Crippen LogP contribution >= 0.6 is 0 Å². The lowest BCUT2D eigenvalue weighted by Gasteiger charge is -2.20. The number of carbonyl (C=O) groups excluding carboxylic acids is 1. The molecule has 0 spiro atoms. The number of rotatable bonds is 8. The molecule has 0 atom stereocenters. The third kappa shape index (κ3) is 5.10. The summed E-state index contributed by atoms with van der Waals surface area (Å²) in [7, 11) is -2.22. The van der Waals surface area contributed by atoms with Crippen LogP contribution in [-0.2, 0) is 26.8 Å². The van der Waals surface area contributed by atoms with Crippen LogP contribution in [-0.4, -0.2) is 59.0 Å². The first kappa shape index (κ1) is 22.8. The van der Waals surface area contributed by atoms with Gasteiger partial charge in [0.25, 0.3) is 0 Å². The molecule has 0 saturated heterocycles. The zero-order valence-electron chi connectivity index (χ0n) is 17.6. The molecule has 2 aromatic rings. The molecule has 0 unspecified atom stereocenters. The Labute approximate surface area is 171 Å². The Bertz CT molecular complexity index is 961. The van der Waals surface area contributed by atoms with Crippen LogP contribution < -0.4 is 10.1 Å². The van der Waals surface area contributed by atoms with Gasteiger partial charge in [-0.2, -0.15) is 4.31 Å². The predicted octanol–water partition coefficient (Wildman–Crippen LogP) is 1.65. The highest BCUT2D eigenvalue weighted by atomic mass is 32.2. The molecule has 0 bridgehead atoms. The molecule has 0 aliphatic carbocycles. The Balaban J connectivity index is 2.30. The molecule has 1 aromatic heterocycles. The van der Waals surface area contributed by atoms with Crippen molar-refractivity contribution in [3.8, 4) is 5.75 Å². The highest BCUT2D eigenvalue weighted by Gasteiger charge is 2.25. The van der Waals surface area contributed by atoms with Crippen molar-refractivity contribution in [1.82, 2.24) is 24.5 Å². The first-order chi connectivity index (χ1) is 13.5. The molecule has 10 nitrogen and oxygen atoms in total. The second kappa shape index (κ2) is 8.87. The van der Waals surface area contributed by atoms with Crippen molar-refractivity contribution in [2.24, 2.45) is 0 Å². The molecule has 29 heavy (non-hydrogen) atoms. The van der Waals surface area contributed by atoms with Crippen molar-refractivity contribution in [2.75, 3.05) is 25.5 Å². The Morgan fingerprint density at radius 2 is 1.90 bits per heavy atom. The average molecular weight is 425 g/mol. The number of anilines is 1. The zero-order valence-corrected chi connectivity index (χ0v) is 18.4. The van der Waals surface area contributed by atoms with E-state index in [9.17, 15) is 13.2 Å². The predicted molar refractivity (Wildman–Crippen MR) is 108 cm³/mol. The van der Waals surface area contributed by atoms with Crippen LogP contribution in [0, 0.1) is 0 Å². The number of benzene rings is 1. The zero-order chi connectivity index (χ0) is 21.8. The van der Waals surface area contributed by atoms with E-state index in [0.717, 1.165) is 0 Å². The smallest absolute Gasteiger partial charge is 0.246 e. The minimum Gasteiger partial charge on any atom is -0.495 e. The van der Waals surface area contributed by atoms with Crippen molar-refractivity contribution >= 4 is 21.6 Å². The lowest BCUT2D eigenvalue weighted by atomic mass is 9.96. The van der Waals surface area contributed by atoms with Crippen LogP contribution in [0.15, 0.2) is 23.1 Å². The van der Waals surface area contributed by atoms with Crippen LogP contribution in [0.2, 0.25) is 0 Å². The van der Waals surface area contributed by atoms with Gasteiger partial charge in [0.05, 0.1) is 17.7 Å². The fraction of sp³-hybridized carbons (Fsp3) is 0.556. The standard InChI is InChI=1S/C18H28N6O4S/c1-7-23(8-2)29(26,27)13-9-10-15(28-6)14(11-13)19-16(25)12-24-17(18(3,4)5)20-21-22-24/h9-11H,7-8,12H2,1-6H3,(H,19,25). The Morgan fingerprint density at radius 3 is 2.45 bits per heavy atom. The van der Waals surface area contributed by atoms with Crippen LogP contribution in [0.4, 0.5) is 5.69 Å². The number of sulfonamides is 1. The first-order valence-corrected chi connectivity index (χ1v) is 10.7. The second-order valence-electron chi connectivity index (χ2n) is 7.41. The minimum absolute atomic E-state index is 0.0788. The number of carbonyl (C=O) groups is 1. The van der Waals surface area contributed by atoms with Gasteiger partial charge in [0.1, 0.15) is 12.3 Å². The summed E-state index contributed by atoms with van der Waals surface area (Å²) in [6.45, 7) is 9.95. The number of nitrogens with one attached hydrogen (secondary N) is 1. The number of aromatic nitrogens is 4. The van der Waals surface area contributed by atoms with E-state index in [1.807, 2.05) is 20.8 Å². The molecule has 0 radical (unpaired) electrons. The monoisotopic (exact) mass is 424 g/mol. The molecular formula is C18H28N6O4S. The van der Waals surface area contributed by atoms with Crippen LogP contribution in [0.3, 0.4) is 0 Å². The molecule has 1 N–H and O–H groups in total. The topological polar surface area (TPSA) is 119 Å². The van der Waals surface area contributed by atoms with Crippen molar-refractivity contribution in [1.29, 1.82) is 0 Å². The summed E-state index contributed by atoms with van der Waals surface area (Å²) in [5.74, 6) is 0.514. The summed E-state index contributed by atoms with van der Waals surface area (Å²) in [6, 6.07) is 4.37. The number of amides is 1. The van der Waals surface area contributed by atoms with Crippen LogP contribution in [0.25, 0.3) is 0 Å². The van der Waals surface area contributed by atoms with E-state index in [1.54, 1.807) is 13.8 Å². The molecular weight excluding hydrogens is 396 g/mol. The summed E-state index contributed by atoms with van der Waals surface area (Å²) in [6.07, 6.45) is 0. The molecule has 0 fully saturated rings. The first-order valence-electron chi connectivity index (χ1n) is 9.29. The molecule has 1 heterocycles. The number of ether oxygens (including phenoxy) is 1. The lowest BCUT2D eigenvalue weighted by molar-refractivity contribution is -0.117. The number of hydrogen-bond donors (Lipinski definition) is 1. The van der Waals surface area contributed by atoms with E-state index in [4.69, 9.17) is 4.74 Å². The van der Waals surface area contributed by atoms with Gasteiger partial charge in [-0.25, -0.2) is 13.1 Å². The van der Waals surface area contributed by atoms with Gasteiger partial charge >= 0.3 is 0 Å². The van der Waals surface area contributed by atoms with Gasteiger partial charge < -0.3 is 10.1 Å². The second-order valence-corrected chi connectivity index (χ2v) is 9.35. The van der Waals surface area contributed by atoms with E-state index in [2.05, 4.69) is 20.8 Å². The van der Waals surface area contributed by atoms with Crippen LogP contribution in [0.5, 0.6) is 5.75 Å². The molecule has 0 aliphatic rings. The Morgan fingerprint density at radius 1 is 1.24 bits per heavy atom. The van der Waals surface area contributed by atoms with Gasteiger partial charge in [0.15, 0.2) is 5.82 Å². The van der Waals surface area contributed by atoms with E-state index >= 15 is 0 Å². The summed E-state index contributed by atoms with van der Waals surface area (Å²) in [4.78, 5) is 12.7. The molecule has 2 rings (SSSR count). The number of hydrogen-bond acceptors (Lipinski definition) is 7. The molecule has 160 valence electrons. The molecule has 11 heteroatoms. The summed E-state index contributed by atoms with van der Waals surface area (Å²) in [5.41, 5.74) is -0.0738. The van der Waals surface area contributed by atoms with Gasteiger partial charge in [-0.1, -0.05) is 34.6 Å². The third-order valence-corrected chi connectivity index (χ3v) is 6.33. The fourth-order valence-electron chi connectivity index (χ4n) is 2.83. The van der Waals surface area contributed by atoms with E-state index in [-0.39, 0.29) is 22.5 Å². The maximum Gasteiger partial charge on any atom is 0.246 e. The number of nitrogens with zero attached hydrogens (tertiary/aromatic N) is 5. The normalized spacial score (nSPS) is 12.2. The van der Waals surface area contributed by atoms with E-state index in [1.165, 1.54) is 34.3 Å². The van der Waals surface area contributed by atoms with Gasteiger partial charge in [0, 0.05) is 18.5 Å². The van der Waals surface area contributed by atoms with Crippen molar-refractivity contribution in [3.05, 3.63) is 24.0 Å². The number of methoxy groups -OCH3 is 1. The maximum absolute atomic E-state index is 12.8. The van der Waals surface area contributed by atoms with Gasteiger partial charge in [-0.05, 0) is 28.6 Å². The Hall–Kier alpha value is -2.53. The Kier molecular flexibility index (Phi) is 6.96. The minimum atomic E-state index is -3.67. The van der Waals surface area contributed by atoms with Gasteiger partial charge in [-0.3, -0.25) is 4.79 Å². The molecule has 0 aliphatic heterocycles. The van der Waals surface area contributed by atoms with E-state index < -0.39 is 15.9 Å². The van der Waals surface area contributed by atoms with Gasteiger partial charge in [-0.15, -0.1) is 5.10 Å². The van der Waals surface area contributed by atoms with Crippen molar-refractivity contribution < 1.29 is 17.9 Å². The summed E-state index contributed by atoms with van der Waals surface area (Å²) >= 11 is 0. The van der Waals surface area contributed by atoms with E-state index in [0.29, 0.717) is 24.7 Å². The molecule has 1 aromatic carbocycles. The maximum atomic E-state index is 12.8. The van der Waals surface area contributed by atoms with Crippen molar-refractivity contribution in [2.45, 2.75) is 51.5 Å². The van der Waals surface area contributed by atoms with Gasteiger partial charge in [0.2, 0.25) is 15.9 Å². The van der Waals surface area contributed by atoms with Crippen molar-refractivity contribution in [3.63, 3.8) is 0 Å².